The lowest BCUT2D eigenvalue weighted by Gasteiger charge is -2.11. The first kappa shape index (κ1) is 17.4. The van der Waals surface area contributed by atoms with E-state index in [-0.39, 0.29) is 11.5 Å². The van der Waals surface area contributed by atoms with Crippen LogP contribution in [0.2, 0.25) is 0 Å². The second kappa shape index (κ2) is 7.19. The van der Waals surface area contributed by atoms with Gasteiger partial charge in [0, 0.05) is 28.6 Å². The molecule has 0 aliphatic heterocycles. The Morgan fingerprint density at radius 3 is 2.56 bits per heavy atom. The number of carbonyl (C=O) groups is 1. The molecule has 0 saturated carbocycles. The third-order valence-corrected chi connectivity index (χ3v) is 4.96. The van der Waals surface area contributed by atoms with Gasteiger partial charge in [-0.25, -0.2) is 4.79 Å². The molecule has 0 fully saturated rings. The van der Waals surface area contributed by atoms with Crippen LogP contribution in [0.15, 0.2) is 45.6 Å². The van der Waals surface area contributed by atoms with Gasteiger partial charge < -0.3 is 4.42 Å². The number of thioether (sulfide) groups is 1. The fourth-order valence-electron chi connectivity index (χ4n) is 2.72. The Morgan fingerprint density at radius 2 is 1.84 bits per heavy atom. The van der Waals surface area contributed by atoms with Gasteiger partial charge >= 0.3 is 5.63 Å². The molecule has 3 rings (SSSR count). The number of aromatic nitrogens is 1. The van der Waals surface area contributed by atoms with Crippen LogP contribution in [0, 0.1) is 20.8 Å². The van der Waals surface area contributed by atoms with Gasteiger partial charge in [-0.15, -0.1) is 11.8 Å². The van der Waals surface area contributed by atoms with Gasteiger partial charge in [-0.3, -0.25) is 14.9 Å². The number of hydrogen-bond acceptors (Lipinski definition) is 4. The van der Waals surface area contributed by atoms with Crippen molar-refractivity contribution >= 4 is 28.6 Å². The van der Waals surface area contributed by atoms with Crippen LogP contribution < -0.4 is 11.1 Å². The maximum absolute atomic E-state index is 12.2. The SMILES string of the molecule is Cc1ccc2oc(=O)cc(CSCC(=O)Nn3c(C)ccc3C)c2c1. The Balaban J connectivity index is 1.68. The molecule has 1 aromatic carbocycles. The van der Waals surface area contributed by atoms with E-state index in [0.29, 0.717) is 17.1 Å². The summed E-state index contributed by atoms with van der Waals surface area (Å²) in [5.41, 5.74) is 7.05. The predicted octanol–water partition coefficient (Wildman–Crippen LogP) is 3.52. The van der Waals surface area contributed by atoms with Crippen LogP contribution in [-0.4, -0.2) is 16.3 Å². The number of carbonyl (C=O) groups excluding carboxylic acids is 1. The van der Waals surface area contributed by atoms with Gasteiger partial charge in [0.2, 0.25) is 5.91 Å². The predicted molar refractivity (Wildman–Crippen MR) is 102 cm³/mol. The maximum atomic E-state index is 12.2. The van der Waals surface area contributed by atoms with E-state index in [9.17, 15) is 9.59 Å². The number of fused-ring (bicyclic) bond motifs is 1. The molecule has 1 amide bonds. The minimum atomic E-state index is -0.366. The van der Waals surface area contributed by atoms with Gasteiger partial charge in [0.15, 0.2) is 0 Å². The number of nitrogens with zero attached hydrogens (tertiary/aromatic N) is 1. The van der Waals surface area contributed by atoms with Crippen LogP contribution in [0.1, 0.15) is 22.5 Å². The lowest BCUT2D eigenvalue weighted by molar-refractivity contribution is -0.114. The van der Waals surface area contributed by atoms with Crippen molar-refractivity contribution in [1.82, 2.24) is 4.68 Å². The number of benzene rings is 1. The second-order valence-corrected chi connectivity index (χ2v) is 7.06. The largest absolute Gasteiger partial charge is 0.423 e. The Hall–Kier alpha value is -2.47. The van der Waals surface area contributed by atoms with Crippen molar-refractivity contribution in [2.75, 3.05) is 11.2 Å². The summed E-state index contributed by atoms with van der Waals surface area (Å²) in [5, 5.41) is 0.921. The number of nitrogens with one attached hydrogen (secondary N) is 1. The third-order valence-electron chi connectivity index (χ3n) is 3.98. The summed E-state index contributed by atoms with van der Waals surface area (Å²) in [5.74, 6) is 0.809. The summed E-state index contributed by atoms with van der Waals surface area (Å²) in [6.07, 6.45) is 0. The first-order valence-electron chi connectivity index (χ1n) is 8.00. The highest BCUT2D eigenvalue weighted by Crippen LogP contribution is 2.22. The zero-order valence-corrected chi connectivity index (χ0v) is 15.3. The van der Waals surface area contributed by atoms with E-state index in [1.807, 2.05) is 51.1 Å². The van der Waals surface area contributed by atoms with Gasteiger partial charge in [0.25, 0.3) is 0 Å². The molecule has 1 N–H and O–H groups in total. The molecule has 5 nitrogen and oxygen atoms in total. The van der Waals surface area contributed by atoms with Crippen molar-refractivity contribution < 1.29 is 9.21 Å². The molecule has 0 atom stereocenters. The van der Waals surface area contributed by atoms with Gasteiger partial charge in [-0.2, -0.15) is 0 Å². The number of amides is 1. The Kier molecular flexibility index (Phi) is 4.99. The molecule has 2 aromatic heterocycles. The molecule has 0 saturated heterocycles. The topological polar surface area (TPSA) is 64.2 Å². The van der Waals surface area contributed by atoms with Crippen molar-refractivity contribution in [3.05, 3.63) is 69.3 Å². The van der Waals surface area contributed by atoms with E-state index in [2.05, 4.69) is 5.43 Å². The standard InChI is InChI=1S/C19H20N2O3S/c1-12-4-7-17-16(8-12)15(9-19(23)24-17)10-25-11-18(22)20-21-13(2)5-6-14(21)3/h4-9H,10-11H2,1-3H3,(H,20,22). The van der Waals surface area contributed by atoms with Crippen molar-refractivity contribution in [2.45, 2.75) is 26.5 Å². The molecule has 0 bridgehead atoms. The number of rotatable bonds is 5. The molecule has 25 heavy (non-hydrogen) atoms. The highest BCUT2D eigenvalue weighted by atomic mass is 32.2. The summed E-state index contributed by atoms with van der Waals surface area (Å²) in [6, 6.07) is 11.1. The lowest BCUT2D eigenvalue weighted by atomic mass is 10.1. The first-order chi connectivity index (χ1) is 11.9. The molecule has 0 aliphatic rings. The van der Waals surface area contributed by atoms with Crippen molar-refractivity contribution in [3.8, 4) is 0 Å². The summed E-state index contributed by atoms with van der Waals surface area (Å²) >= 11 is 1.47. The van der Waals surface area contributed by atoms with E-state index in [4.69, 9.17) is 4.42 Å². The molecule has 0 unspecified atom stereocenters. The number of hydrogen-bond donors (Lipinski definition) is 1. The monoisotopic (exact) mass is 356 g/mol. The minimum absolute atomic E-state index is 0.0733. The van der Waals surface area contributed by atoms with Gasteiger partial charge in [-0.05, 0) is 50.6 Å². The summed E-state index contributed by atoms with van der Waals surface area (Å²) in [7, 11) is 0. The van der Waals surface area contributed by atoms with E-state index >= 15 is 0 Å². The van der Waals surface area contributed by atoms with Crippen molar-refractivity contribution in [2.24, 2.45) is 0 Å². The summed E-state index contributed by atoms with van der Waals surface area (Å²) in [4.78, 5) is 23.9. The number of aryl methyl sites for hydroxylation is 3. The lowest BCUT2D eigenvalue weighted by Crippen LogP contribution is -2.26. The minimum Gasteiger partial charge on any atom is -0.423 e. The quantitative estimate of drug-likeness (QED) is 0.711. The molecular formula is C19H20N2O3S. The second-order valence-electron chi connectivity index (χ2n) is 6.07. The van der Waals surface area contributed by atoms with Crippen LogP contribution in [0.4, 0.5) is 0 Å². The van der Waals surface area contributed by atoms with Crippen LogP contribution in [0.25, 0.3) is 11.0 Å². The van der Waals surface area contributed by atoms with Crippen LogP contribution >= 0.6 is 11.8 Å². The molecule has 6 heteroatoms. The maximum Gasteiger partial charge on any atom is 0.336 e. The zero-order chi connectivity index (χ0) is 18.0. The van der Waals surface area contributed by atoms with Crippen LogP contribution in [0.3, 0.4) is 0 Å². The normalized spacial score (nSPS) is 11.0. The van der Waals surface area contributed by atoms with Gasteiger partial charge in [0.05, 0.1) is 5.75 Å². The van der Waals surface area contributed by atoms with Gasteiger partial charge in [0.1, 0.15) is 5.58 Å². The fraction of sp³-hybridized carbons (Fsp3) is 0.263. The molecule has 3 aromatic rings. The van der Waals surface area contributed by atoms with E-state index < -0.39 is 0 Å². The Bertz CT molecular complexity index is 968. The zero-order valence-electron chi connectivity index (χ0n) is 14.5. The molecule has 130 valence electrons. The summed E-state index contributed by atoms with van der Waals surface area (Å²) in [6.45, 7) is 5.88. The van der Waals surface area contributed by atoms with Crippen LogP contribution in [-0.2, 0) is 10.5 Å². The molecule has 0 spiro atoms. The van der Waals surface area contributed by atoms with E-state index in [0.717, 1.165) is 27.9 Å². The average molecular weight is 356 g/mol. The van der Waals surface area contributed by atoms with Crippen molar-refractivity contribution in [1.29, 1.82) is 0 Å². The Morgan fingerprint density at radius 1 is 1.12 bits per heavy atom. The molecular weight excluding hydrogens is 336 g/mol. The third kappa shape index (κ3) is 3.96. The Labute approximate surface area is 150 Å². The molecule has 0 aliphatic carbocycles. The fourth-order valence-corrected chi connectivity index (χ4v) is 3.53. The molecule has 0 radical (unpaired) electrons. The van der Waals surface area contributed by atoms with Gasteiger partial charge in [-0.1, -0.05) is 11.6 Å². The smallest absolute Gasteiger partial charge is 0.336 e. The summed E-state index contributed by atoms with van der Waals surface area (Å²) < 4.78 is 7.01. The first-order valence-corrected chi connectivity index (χ1v) is 9.15. The average Bonchev–Trinajstić information content (AvgIpc) is 2.87. The molecule has 2 heterocycles. The highest BCUT2D eigenvalue weighted by molar-refractivity contribution is 7.99. The van der Waals surface area contributed by atoms with E-state index in [1.54, 1.807) is 4.68 Å². The van der Waals surface area contributed by atoms with E-state index in [1.165, 1.54) is 17.8 Å². The highest BCUT2D eigenvalue weighted by Gasteiger charge is 2.09. The van der Waals surface area contributed by atoms with Crippen molar-refractivity contribution in [3.63, 3.8) is 0 Å². The van der Waals surface area contributed by atoms with Crippen LogP contribution in [0.5, 0.6) is 0 Å².